The summed E-state index contributed by atoms with van der Waals surface area (Å²) in [7, 11) is -1.35. The number of carbonyl (C=O) groups excluding carboxylic acids is 2. The van der Waals surface area contributed by atoms with Crippen molar-refractivity contribution >= 4 is 27.5 Å². The van der Waals surface area contributed by atoms with Crippen LogP contribution in [0, 0.1) is 6.92 Å². The molecule has 0 saturated heterocycles. The molecule has 0 unspecified atom stereocenters. The van der Waals surface area contributed by atoms with Crippen LogP contribution in [-0.4, -0.2) is 58.5 Å². The number of rotatable bonds is 14. The number of methoxy groups -OCH3 is 2. The van der Waals surface area contributed by atoms with E-state index in [0.29, 0.717) is 18.0 Å². The molecule has 220 valence electrons. The molecule has 10 heteroatoms. The summed E-state index contributed by atoms with van der Waals surface area (Å²) in [4.78, 5) is 28.4. The molecule has 0 saturated carbocycles. The molecule has 0 aromatic heterocycles. The van der Waals surface area contributed by atoms with Crippen LogP contribution in [0.1, 0.15) is 37.8 Å². The highest BCUT2D eigenvalue weighted by atomic mass is 32.2. The van der Waals surface area contributed by atoms with Crippen molar-refractivity contribution < 1.29 is 27.5 Å². The van der Waals surface area contributed by atoms with Crippen molar-refractivity contribution in [2.45, 2.75) is 51.1 Å². The number of hydrogen-bond donors (Lipinski definition) is 1. The average Bonchev–Trinajstić information content (AvgIpc) is 2.98. The number of aryl methyl sites for hydroxylation is 1. The molecule has 0 spiro atoms. The van der Waals surface area contributed by atoms with Gasteiger partial charge in [0.15, 0.2) is 11.5 Å². The van der Waals surface area contributed by atoms with Crippen LogP contribution in [0.2, 0.25) is 0 Å². The SMILES string of the molecule is CCCCNC(=O)[C@H](C)N(Cc1cccc(C)c1)C(=O)CN(c1ccccc1)S(=O)(=O)c1ccc(OC)c(OC)c1. The molecular formula is C31H39N3O6S. The van der Waals surface area contributed by atoms with E-state index in [-0.39, 0.29) is 23.1 Å². The van der Waals surface area contributed by atoms with Gasteiger partial charge in [-0.15, -0.1) is 0 Å². The first-order chi connectivity index (χ1) is 19.6. The molecule has 1 N–H and O–H groups in total. The monoisotopic (exact) mass is 581 g/mol. The zero-order chi connectivity index (χ0) is 30.0. The number of ether oxygens (including phenoxy) is 2. The Bertz CT molecular complexity index is 1430. The van der Waals surface area contributed by atoms with Crippen molar-refractivity contribution in [1.82, 2.24) is 10.2 Å². The standard InChI is InChI=1S/C31H39N3O6S/c1-6-7-18-32-31(36)24(3)33(21-25-13-11-12-23(2)19-25)30(35)22-34(26-14-9-8-10-15-26)41(37,38)27-16-17-28(39-4)29(20-27)40-5/h8-17,19-20,24H,6-7,18,21-22H2,1-5H3,(H,32,36)/t24-/m0/s1. The molecule has 9 nitrogen and oxygen atoms in total. The highest BCUT2D eigenvalue weighted by Crippen LogP contribution is 2.32. The van der Waals surface area contributed by atoms with E-state index in [4.69, 9.17) is 9.47 Å². The molecule has 0 radical (unpaired) electrons. The second-order valence-electron chi connectivity index (χ2n) is 9.70. The summed E-state index contributed by atoms with van der Waals surface area (Å²) in [5, 5.41) is 2.89. The Kier molecular flexibility index (Phi) is 11.2. The van der Waals surface area contributed by atoms with Crippen molar-refractivity contribution in [2.75, 3.05) is 31.6 Å². The summed E-state index contributed by atoms with van der Waals surface area (Å²) >= 11 is 0. The van der Waals surface area contributed by atoms with E-state index < -0.39 is 28.5 Å². The van der Waals surface area contributed by atoms with E-state index >= 15 is 0 Å². The zero-order valence-corrected chi connectivity index (χ0v) is 25.1. The number of hydrogen-bond acceptors (Lipinski definition) is 6. The number of anilines is 1. The Morgan fingerprint density at radius 1 is 0.927 bits per heavy atom. The maximum Gasteiger partial charge on any atom is 0.264 e. The van der Waals surface area contributed by atoms with Crippen LogP contribution in [0.15, 0.2) is 77.7 Å². The summed E-state index contributed by atoms with van der Waals surface area (Å²) in [6.45, 7) is 5.76. The van der Waals surface area contributed by atoms with E-state index in [0.717, 1.165) is 28.3 Å². The van der Waals surface area contributed by atoms with Crippen molar-refractivity contribution in [3.63, 3.8) is 0 Å². The molecule has 0 bridgehead atoms. The van der Waals surface area contributed by atoms with Crippen molar-refractivity contribution in [2.24, 2.45) is 0 Å². The predicted molar refractivity (Wildman–Crippen MR) is 160 cm³/mol. The largest absolute Gasteiger partial charge is 0.493 e. The Hall–Kier alpha value is -4.05. The fourth-order valence-electron chi connectivity index (χ4n) is 4.35. The minimum absolute atomic E-state index is 0.0672. The maximum absolute atomic E-state index is 14.0. The fourth-order valence-corrected chi connectivity index (χ4v) is 5.78. The van der Waals surface area contributed by atoms with Crippen molar-refractivity contribution in [3.8, 4) is 11.5 Å². The van der Waals surface area contributed by atoms with Crippen LogP contribution in [0.4, 0.5) is 5.69 Å². The molecular weight excluding hydrogens is 542 g/mol. The van der Waals surface area contributed by atoms with Crippen LogP contribution < -0.4 is 19.1 Å². The quantitative estimate of drug-likeness (QED) is 0.280. The van der Waals surface area contributed by atoms with Crippen molar-refractivity contribution in [1.29, 1.82) is 0 Å². The summed E-state index contributed by atoms with van der Waals surface area (Å²) in [5.41, 5.74) is 2.16. The highest BCUT2D eigenvalue weighted by molar-refractivity contribution is 7.92. The van der Waals surface area contributed by atoms with Gasteiger partial charge >= 0.3 is 0 Å². The Morgan fingerprint density at radius 3 is 2.27 bits per heavy atom. The maximum atomic E-state index is 14.0. The highest BCUT2D eigenvalue weighted by Gasteiger charge is 2.33. The van der Waals surface area contributed by atoms with Crippen LogP contribution >= 0.6 is 0 Å². The van der Waals surface area contributed by atoms with Gasteiger partial charge in [0.25, 0.3) is 10.0 Å². The molecule has 3 aromatic carbocycles. The van der Waals surface area contributed by atoms with Crippen molar-refractivity contribution in [3.05, 3.63) is 83.9 Å². The third-order valence-electron chi connectivity index (χ3n) is 6.70. The smallest absolute Gasteiger partial charge is 0.264 e. The lowest BCUT2D eigenvalue weighted by atomic mass is 10.1. The van der Waals surface area contributed by atoms with Crippen LogP contribution in [0.25, 0.3) is 0 Å². The molecule has 41 heavy (non-hydrogen) atoms. The van der Waals surface area contributed by atoms with Gasteiger partial charge in [-0.1, -0.05) is 61.4 Å². The molecule has 1 atom stereocenters. The predicted octanol–water partition coefficient (Wildman–Crippen LogP) is 4.54. The first-order valence-corrected chi connectivity index (χ1v) is 15.0. The van der Waals surface area contributed by atoms with Gasteiger partial charge in [0, 0.05) is 19.2 Å². The van der Waals surface area contributed by atoms with Gasteiger partial charge in [-0.2, -0.15) is 0 Å². The number of sulfonamides is 1. The second-order valence-corrected chi connectivity index (χ2v) is 11.6. The molecule has 2 amide bonds. The number of para-hydroxylation sites is 1. The van der Waals surface area contributed by atoms with Crippen LogP contribution in [0.3, 0.4) is 0 Å². The Labute approximate surface area is 243 Å². The van der Waals surface area contributed by atoms with Gasteiger partial charge in [-0.25, -0.2) is 8.42 Å². The Balaban J connectivity index is 2.01. The minimum Gasteiger partial charge on any atom is -0.493 e. The lowest BCUT2D eigenvalue weighted by molar-refractivity contribution is -0.139. The summed E-state index contributed by atoms with van der Waals surface area (Å²) in [6, 6.07) is 19.5. The van der Waals surface area contributed by atoms with E-state index in [1.807, 2.05) is 38.1 Å². The molecule has 0 fully saturated rings. The molecule has 0 heterocycles. The normalized spacial score (nSPS) is 11.8. The number of unbranched alkanes of at least 4 members (excludes halogenated alkanes) is 1. The van der Waals surface area contributed by atoms with E-state index in [9.17, 15) is 18.0 Å². The lowest BCUT2D eigenvalue weighted by Gasteiger charge is -2.32. The molecule has 3 rings (SSSR count). The summed E-state index contributed by atoms with van der Waals surface area (Å²) in [6.07, 6.45) is 1.73. The van der Waals surface area contributed by atoms with Gasteiger partial charge in [-0.3, -0.25) is 13.9 Å². The zero-order valence-electron chi connectivity index (χ0n) is 24.3. The van der Waals surface area contributed by atoms with Gasteiger partial charge < -0.3 is 19.7 Å². The average molecular weight is 582 g/mol. The molecule has 0 aliphatic heterocycles. The first-order valence-electron chi connectivity index (χ1n) is 13.5. The van der Waals surface area contributed by atoms with Gasteiger partial charge in [0.1, 0.15) is 12.6 Å². The van der Waals surface area contributed by atoms with Crippen LogP contribution in [0.5, 0.6) is 11.5 Å². The minimum atomic E-state index is -4.23. The summed E-state index contributed by atoms with van der Waals surface area (Å²) in [5.74, 6) is -0.196. The molecule has 3 aromatic rings. The van der Waals surface area contributed by atoms with Crippen LogP contribution in [-0.2, 0) is 26.2 Å². The van der Waals surface area contributed by atoms with E-state index in [1.165, 1.54) is 37.3 Å². The third kappa shape index (κ3) is 8.00. The first kappa shape index (κ1) is 31.5. The van der Waals surface area contributed by atoms with Gasteiger partial charge in [0.05, 0.1) is 24.8 Å². The Morgan fingerprint density at radius 2 is 1.63 bits per heavy atom. The summed E-state index contributed by atoms with van der Waals surface area (Å²) < 4.78 is 39.7. The number of nitrogens with one attached hydrogen (secondary N) is 1. The fraction of sp³-hybridized carbons (Fsp3) is 0.355. The topological polar surface area (TPSA) is 105 Å². The number of amides is 2. The second kappa shape index (κ2) is 14.5. The molecule has 0 aliphatic carbocycles. The molecule has 0 aliphatic rings. The number of carbonyl (C=O) groups is 2. The number of nitrogens with zero attached hydrogens (tertiary/aromatic N) is 2. The van der Waals surface area contributed by atoms with E-state index in [1.54, 1.807) is 37.3 Å². The third-order valence-corrected chi connectivity index (χ3v) is 8.47. The lowest BCUT2D eigenvalue weighted by Crippen LogP contribution is -2.51. The van der Waals surface area contributed by atoms with E-state index in [2.05, 4.69) is 5.32 Å². The number of benzene rings is 3. The van der Waals surface area contributed by atoms with Gasteiger partial charge in [-0.05, 0) is 50.1 Å². The van der Waals surface area contributed by atoms with Gasteiger partial charge in [0.2, 0.25) is 11.8 Å².